The standard InChI is InChI=1S/C39H25NO/c1-24-16-18-33-35(22-24)40(34-20-17-25-8-2-3-11-29(25)38(33)34)27-10-6-9-26(23-27)28-19-21-37-39-31(28)13-7-14-32(39)30-12-4-5-15-36(30)41-37/h2-23H,1H3. The van der Waals surface area contributed by atoms with Crippen molar-refractivity contribution < 1.29 is 4.74 Å². The molecule has 0 aliphatic carbocycles. The molecule has 0 fully saturated rings. The molecule has 1 aliphatic rings. The van der Waals surface area contributed by atoms with E-state index in [9.17, 15) is 0 Å². The first-order valence-corrected chi connectivity index (χ1v) is 14.1. The van der Waals surface area contributed by atoms with Gasteiger partial charge in [0.15, 0.2) is 0 Å². The topological polar surface area (TPSA) is 14.2 Å². The average Bonchev–Trinajstić information content (AvgIpc) is 3.35. The fraction of sp³-hybridized carbons (Fsp3) is 0.0256. The zero-order valence-corrected chi connectivity index (χ0v) is 22.6. The van der Waals surface area contributed by atoms with Gasteiger partial charge in [-0.1, -0.05) is 97.1 Å². The quantitative estimate of drug-likeness (QED) is 0.220. The van der Waals surface area contributed by atoms with E-state index in [0.29, 0.717) is 0 Å². The smallest absolute Gasteiger partial charge is 0.135 e. The summed E-state index contributed by atoms with van der Waals surface area (Å²) in [4.78, 5) is 0. The highest BCUT2D eigenvalue weighted by Crippen LogP contribution is 2.48. The summed E-state index contributed by atoms with van der Waals surface area (Å²) in [6, 6.07) is 48.2. The zero-order chi connectivity index (χ0) is 27.1. The van der Waals surface area contributed by atoms with Crippen LogP contribution in [0.15, 0.2) is 133 Å². The molecule has 41 heavy (non-hydrogen) atoms. The lowest BCUT2D eigenvalue weighted by molar-refractivity contribution is 0.487. The van der Waals surface area contributed by atoms with E-state index in [1.54, 1.807) is 0 Å². The molecule has 0 bridgehead atoms. The zero-order valence-electron chi connectivity index (χ0n) is 22.6. The molecule has 0 saturated carbocycles. The van der Waals surface area contributed by atoms with Crippen LogP contribution < -0.4 is 4.74 Å². The number of hydrogen-bond acceptors (Lipinski definition) is 1. The fourth-order valence-corrected chi connectivity index (χ4v) is 6.82. The number of fused-ring (bicyclic) bond motifs is 7. The van der Waals surface area contributed by atoms with Crippen molar-refractivity contribution in [2.75, 3.05) is 0 Å². The summed E-state index contributed by atoms with van der Waals surface area (Å²) >= 11 is 0. The largest absolute Gasteiger partial charge is 0.456 e. The van der Waals surface area contributed by atoms with Crippen molar-refractivity contribution in [1.82, 2.24) is 4.57 Å². The van der Waals surface area contributed by atoms with Crippen LogP contribution in [0.5, 0.6) is 11.5 Å². The molecule has 2 heterocycles. The van der Waals surface area contributed by atoms with Crippen LogP contribution in [0, 0.1) is 6.92 Å². The Labute approximate surface area is 237 Å². The van der Waals surface area contributed by atoms with E-state index in [1.165, 1.54) is 65.6 Å². The molecule has 0 spiro atoms. The van der Waals surface area contributed by atoms with Gasteiger partial charge in [0.05, 0.1) is 11.0 Å². The van der Waals surface area contributed by atoms with E-state index < -0.39 is 0 Å². The van der Waals surface area contributed by atoms with Crippen LogP contribution in [0.25, 0.3) is 71.3 Å². The summed E-state index contributed by atoms with van der Waals surface area (Å²) in [5, 5.41) is 7.52. The number of nitrogens with zero attached hydrogens (tertiary/aromatic N) is 1. The van der Waals surface area contributed by atoms with E-state index in [1.807, 2.05) is 12.1 Å². The average molecular weight is 524 g/mol. The van der Waals surface area contributed by atoms with Gasteiger partial charge in [-0.2, -0.15) is 0 Å². The van der Waals surface area contributed by atoms with Gasteiger partial charge >= 0.3 is 0 Å². The monoisotopic (exact) mass is 523 g/mol. The molecular formula is C39H25NO. The van der Waals surface area contributed by atoms with Gasteiger partial charge in [0.2, 0.25) is 0 Å². The van der Waals surface area contributed by atoms with Crippen molar-refractivity contribution in [1.29, 1.82) is 0 Å². The first-order valence-electron chi connectivity index (χ1n) is 14.1. The maximum absolute atomic E-state index is 6.36. The van der Waals surface area contributed by atoms with Crippen LogP contribution >= 0.6 is 0 Å². The highest BCUT2D eigenvalue weighted by Gasteiger charge is 2.21. The molecule has 1 aliphatic heterocycles. The first kappa shape index (κ1) is 22.5. The summed E-state index contributed by atoms with van der Waals surface area (Å²) in [5.74, 6) is 1.83. The van der Waals surface area contributed by atoms with E-state index in [4.69, 9.17) is 4.74 Å². The van der Waals surface area contributed by atoms with Crippen molar-refractivity contribution in [2.24, 2.45) is 0 Å². The molecule has 0 unspecified atom stereocenters. The Bertz CT molecular complexity index is 2360. The Kier molecular flexibility index (Phi) is 4.57. The highest BCUT2D eigenvalue weighted by atomic mass is 16.5. The van der Waals surface area contributed by atoms with Crippen LogP contribution in [-0.4, -0.2) is 4.57 Å². The molecule has 0 amide bonds. The van der Waals surface area contributed by atoms with E-state index in [0.717, 1.165) is 22.7 Å². The van der Waals surface area contributed by atoms with Crippen LogP contribution in [0.4, 0.5) is 0 Å². The lowest BCUT2D eigenvalue weighted by Gasteiger charge is -2.22. The normalized spacial score (nSPS) is 12.2. The van der Waals surface area contributed by atoms with E-state index in [2.05, 4.69) is 133 Å². The van der Waals surface area contributed by atoms with Crippen molar-refractivity contribution >= 4 is 43.4 Å². The van der Waals surface area contributed by atoms with E-state index in [-0.39, 0.29) is 0 Å². The Morgan fingerprint density at radius 2 is 1.32 bits per heavy atom. The minimum Gasteiger partial charge on any atom is -0.456 e. The number of benzene rings is 7. The number of hydrogen-bond donors (Lipinski definition) is 0. The summed E-state index contributed by atoms with van der Waals surface area (Å²) < 4.78 is 8.79. The second-order valence-corrected chi connectivity index (χ2v) is 11.0. The predicted molar refractivity (Wildman–Crippen MR) is 171 cm³/mol. The summed E-state index contributed by atoms with van der Waals surface area (Å²) in [6.07, 6.45) is 0. The molecule has 2 nitrogen and oxygen atoms in total. The SMILES string of the molecule is Cc1ccc2c3c4ccccc4ccc3n(-c3cccc(-c4ccc5c6c(cccc46)-c4ccccc4O5)c3)c2c1. The third-order valence-corrected chi connectivity index (χ3v) is 8.63. The number of rotatable bonds is 2. The minimum absolute atomic E-state index is 0.913. The van der Waals surface area contributed by atoms with Crippen molar-refractivity contribution in [3.05, 3.63) is 139 Å². The molecule has 0 atom stereocenters. The van der Waals surface area contributed by atoms with Crippen LogP contribution in [0.1, 0.15) is 5.56 Å². The van der Waals surface area contributed by atoms with Gasteiger partial charge < -0.3 is 9.30 Å². The number of para-hydroxylation sites is 1. The molecule has 8 aromatic rings. The van der Waals surface area contributed by atoms with Gasteiger partial charge in [-0.05, 0) is 81.7 Å². The van der Waals surface area contributed by atoms with Gasteiger partial charge in [-0.25, -0.2) is 0 Å². The Morgan fingerprint density at radius 3 is 2.29 bits per heavy atom. The Hall–Kier alpha value is -5.34. The molecule has 9 rings (SSSR count). The van der Waals surface area contributed by atoms with Crippen LogP contribution in [-0.2, 0) is 0 Å². The maximum Gasteiger partial charge on any atom is 0.135 e. The second kappa shape index (κ2) is 8.33. The van der Waals surface area contributed by atoms with Gasteiger partial charge in [-0.15, -0.1) is 0 Å². The Balaban J connectivity index is 1.30. The summed E-state index contributed by atoms with van der Waals surface area (Å²) in [6.45, 7) is 2.17. The molecule has 0 saturated heterocycles. The first-order chi connectivity index (χ1) is 20.2. The number of ether oxygens (including phenoxy) is 1. The maximum atomic E-state index is 6.36. The molecule has 2 heteroatoms. The highest BCUT2D eigenvalue weighted by molar-refractivity contribution is 6.21. The molecular weight excluding hydrogens is 498 g/mol. The Morgan fingerprint density at radius 1 is 0.488 bits per heavy atom. The molecule has 192 valence electrons. The van der Waals surface area contributed by atoms with Crippen molar-refractivity contribution in [3.63, 3.8) is 0 Å². The third kappa shape index (κ3) is 3.19. The van der Waals surface area contributed by atoms with Gasteiger partial charge in [0.25, 0.3) is 0 Å². The van der Waals surface area contributed by atoms with Crippen molar-refractivity contribution in [3.8, 4) is 39.4 Å². The van der Waals surface area contributed by atoms with Gasteiger partial charge in [0, 0.05) is 27.4 Å². The summed E-state index contributed by atoms with van der Waals surface area (Å²) in [5.41, 5.74) is 9.63. The van der Waals surface area contributed by atoms with Crippen LogP contribution in [0.3, 0.4) is 0 Å². The van der Waals surface area contributed by atoms with E-state index >= 15 is 0 Å². The fourth-order valence-electron chi connectivity index (χ4n) is 6.82. The number of aromatic nitrogens is 1. The van der Waals surface area contributed by atoms with Gasteiger partial charge in [-0.3, -0.25) is 0 Å². The van der Waals surface area contributed by atoms with Crippen LogP contribution in [0.2, 0.25) is 0 Å². The number of aryl methyl sites for hydroxylation is 1. The van der Waals surface area contributed by atoms with Crippen molar-refractivity contribution in [2.45, 2.75) is 6.92 Å². The van der Waals surface area contributed by atoms with Gasteiger partial charge in [0.1, 0.15) is 11.5 Å². The molecule has 0 radical (unpaired) electrons. The lowest BCUT2D eigenvalue weighted by Crippen LogP contribution is -1.98. The third-order valence-electron chi connectivity index (χ3n) is 8.63. The molecule has 1 aromatic heterocycles. The molecule has 0 N–H and O–H groups in total. The molecule has 7 aromatic carbocycles. The lowest BCUT2D eigenvalue weighted by atomic mass is 9.90. The predicted octanol–water partition coefficient (Wildman–Crippen LogP) is 10.8. The second-order valence-electron chi connectivity index (χ2n) is 11.0. The summed E-state index contributed by atoms with van der Waals surface area (Å²) in [7, 11) is 0. The minimum atomic E-state index is 0.913.